The number of carboxylic acid groups (broad SMARTS) is 1. The summed E-state index contributed by atoms with van der Waals surface area (Å²) in [7, 11) is 0. The van der Waals surface area contributed by atoms with Crippen LogP contribution in [-0.4, -0.2) is 16.8 Å². The minimum absolute atomic E-state index is 0.106. The van der Waals surface area contributed by atoms with E-state index in [2.05, 4.69) is 12.6 Å². The zero-order valence-corrected chi connectivity index (χ0v) is 3.99. The van der Waals surface area contributed by atoms with Crippen LogP contribution in [0.5, 0.6) is 0 Å². The highest BCUT2D eigenvalue weighted by molar-refractivity contribution is 7.80. The summed E-state index contributed by atoms with van der Waals surface area (Å²) in [5, 5.41) is 7.85. The van der Waals surface area contributed by atoms with Gasteiger partial charge in [0.15, 0.2) is 0 Å². The van der Waals surface area contributed by atoms with Crippen molar-refractivity contribution >= 4 is 18.6 Å². The first-order valence-corrected chi connectivity index (χ1v) is 2.15. The minimum Gasteiger partial charge on any atom is -0.481 e. The van der Waals surface area contributed by atoms with Gasteiger partial charge in [-0.1, -0.05) is 12.6 Å². The molecular formula is C3H5O2S. The molecule has 0 aliphatic rings. The number of rotatable bonds is 2. The molecule has 0 amide bonds. The van der Waals surface area contributed by atoms with Crippen molar-refractivity contribution in [3.8, 4) is 0 Å². The highest BCUT2D eigenvalue weighted by Gasteiger charge is 1.88. The van der Waals surface area contributed by atoms with E-state index in [9.17, 15) is 4.79 Å². The predicted molar refractivity (Wildman–Crippen MR) is 24.7 cm³/mol. The maximum absolute atomic E-state index is 9.53. The Kier molecular flexibility index (Phi) is 2.94. The van der Waals surface area contributed by atoms with Crippen molar-refractivity contribution in [1.82, 2.24) is 0 Å². The molecule has 1 N–H and O–H groups in total. The van der Waals surface area contributed by atoms with Crippen LogP contribution in [0.15, 0.2) is 0 Å². The number of carboxylic acids is 1. The van der Waals surface area contributed by atoms with Gasteiger partial charge in [0, 0.05) is 5.75 Å². The van der Waals surface area contributed by atoms with Crippen molar-refractivity contribution in [3.63, 3.8) is 0 Å². The molecule has 35 valence electrons. The van der Waals surface area contributed by atoms with Crippen LogP contribution in [-0.2, 0) is 4.79 Å². The van der Waals surface area contributed by atoms with E-state index in [-0.39, 0.29) is 6.42 Å². The van der Waals surface area contributed by atoms with Gasteiger partial charge in [0.25, 0.3) is 0 Å². The van der Waals surface area contributed by atoms with Gasteiger partial charge in [-0.2, -0.15) is 0 Å². The largest absolute Gasteiger partial charge is 0.481 e. The SMILES string of the molecule is O=C(O)CC[S]. The second-order valence-electron chi connectivity index (χ2n) is 0.848. The van der Waals surface area contributed by atoms with Gasteiger partial charge in [0.2, 0.25) is 0 Å². The molecule has 0 aromatic heterocycles. The summed E-state index contributed by atoms with van der Waals surface area (Å²) in [6.45, 7) is 0. The Morgan fingerprint density at radius 1 is 1.83 bits per heavy atom. The number of hydrogen-bond acceptors (Lipinski definition) is 1. The average molecular weight is 105 g/mol. The molecule has 0 saturated heterocycles. The fraction of sp³-hybridized carbons (Fsp3) is 0.667. The van der Waals surface area contributed by atoms with Crippen LogP contribution in [0.1, 0.15) is 6.42 Å². The number of hydrogen-bond donors (Lipinski definition) is 1. The normalized spacial score (nSPS) is 8.17. The van der Waals surface area contributed by atoms with Crippen molar-refractivity contribution < 1.29 is 9.90 Å². The van der Waals surface area contributed by atoms with E-state index in [1.807, 2.05) is 0 Å². The lowest BCUT2D eigenvalue weighted by atomic mass is 10.5. The van der Waals surface area contributed by atoms with E-state index in [0.717, 1.165) is 0 Å². The van der Waals surface area contributed by atoms with Crippen LogP contribution in [0.2, 0.25) is 0 Å². The molecule has 1 radical (unpaired) electrons. The third-order valence-electron chi connectivity index (χ3n) is 0.316. The maximum atomic E-state index is 9.53. The smallest absolute Gasteiger partial charge is 0.304 e. The van der Waals surface area contributed by atoms with Crippen molar-refractivity contribution in [2.75, 3.05) is 5.75 Å². The zero-order valence-electron chi connectivity index (χ0n) is 3.18. The minimum atomic E-state index is -0.815. The van der Waals surface area contributed by atoms with E-state index in [1.165, 1.54) is 0 Å². The van der Waals surface area contributed by atoms with Crippen molar-refractivity contribution in [3.05, 3.63) is 0 Å². The van der Waals surface area contributed by atoms with Crippen LogP contribution in [0.3, 0.4) is 0 Å². The number of aliphatic carboxylic acids is 1. The first-order valence-electron chi connectivity index (χ1n) is 1.57. The lowest BCUT2D eigenvalue weighted by molar-refractivity contribution is -0.136. The Morgan fingerprint density at radius 2 is 2.33 bits per heavy atom. The molecule has 6 heavy (non-hydrogen) atoms. The standard InChI is InChI=1S/C3H5O2S/c4-3(5)1-2-6/h1-2H2,(H,4,5). The van der Waals surface area contributed by atoms with Gasteiger partial charge in [0.05, 0.1) is 6.42 Å². The highest BCUT2D eigenvalue weighted by atomic mass is 32.1. The van der Waals surface area contributed by atoms with Gasteiger partial charge in [-0.3, -0.25) is 4.79 Å². The molecule has 2 nitrogen and oxygen atoms in total. The molecule has 0 saturated carbocycles. The monoisotopic (exact) mass is 105 g/mol. The van der Waals surface area contributed by atoms with Crippen molar-refractivity contribution in [1.29, 1.82) is 0 Å². The predicted octanol–water partition coefficient (Wildman–Crippen LogP) is 0.659. The first kappa shape index (κ1) is 5.82. The van der Waals surface area contributed by atoms with Gasteiger partial charge in [-0.15, -0.1) is 0 Å². The fourth-order valence-corrected chi connectivity index (χ4v) is 0.262. The quantitative estimate of drug-likeness (QED) is 0.560. The third-order valence-corrected chi connectivity index (χ3v) is 0.520. The molecule has 0 aliphatic carbocycles. The Labute approximate surface area is 41.6 Å². The van der Waals surface area contributed by atoms with Gasteiger partial charge in [-0.05, 0) is 0 Å². The van der Waals surface area contributed by atoms with E-state index >= 15 is 0 Å². The molecular weight excluding hydrogens is 100 g/mol. The van der Waals surface area contributed by atoms with E-state index in [1.54, 1.807) is 0 Å². The van der Waals surface area contributed by atoms with E-state index < -0.39 is 5.97 Å². The Balaban J connectivity index is 2.83. The molecule has 0 heterocycles. The molecule has 0 atom stereocenters. The van der Waals surface area contributed by atoms with Gasteiger partial charge >= 0.3 is 5.97 Å². The molecule has 3 heteroatoms. The molecule has 0 fully saturated rings. The Bertz CT molecular complexity index is 52.8. The van der Waals surface area contributed by atoms with Crippen LogP contribution in [0, 0.1) is 0 Å². The summed E-state index contributed by atoms with van der Waals surface area (Å²) in [5.74, 6) is -0.500. The summed E-state index contributed by atoms with van der Waals surface area (Å²) in [4.78, 5) is 9.53. The second kappa shape index (κ2) is 3.03. The molecule has 0 bridgehead atoms. The third kappa shape index (κ3) is 3.82. The van der Waals surface area contributed by atoms with E-state index in [0.29, 0.717) is 5.75 Å². The van der Waals surface area contributed by atoms with Crippen LogP contribution in [0.4, 0.5) is 0 Å². The fourth-order valence-electron chi connectivity index (χ4n) is 0.0873. The van der Waals surface area contributed by atoms with Crippen molar-refractivity contribution in [2.24, 2.45) is 0 Å². The first-order chi connectivity index (χ1) is 2.77. The lowest BCUT2D eigenvalue weighted by Gasteiger charge is -1.78. The zero-order chi connectivity index (χ0) is 4.99. The summed E-state index contributed by atoms with van der Waals surface area (Å²) < 4.78 is 0. The summed E-state index contributed by atoms with van der Waals surface area (Å²) in [6.07, 6.45) is 0.106. The van der Waals surface area contributed by atoms with Crippen molar-refractivity contribution in [2.45, 2.75) is 6.42 Å². The molecule has 0 aliphatic heterocycles. The van der Waals surface area contributed by atoms with Crippen LogP contribution < -0.4 is 0 Å². The summed E-state index contributed by atoms with van der Waals surface area (Å²) in [6, 6.07) is 0. The Hall–Kier alpha value is -0.180. The Morgan fingerprint density at radius 3 is 2.33 bits per heavy atom. The average Bonchev–Trinajstić information content (AvgIpc) is 1.35. The lowest BCUT2D eigenvalue weighted by Crippen LogP contribution is -1.93. The summed E-state index contributed by atoms with van der Waals surface area (Å²) >= 11 is 4.35. The van der Waals surface area contributed by atoms with Gasteiger partial charge < -0.3 is 5.11 Å². The van der Waals surface area contributed by atoms with E-state index in [4.69, 9.17) is 5.11 Å². The van der Waals surface area contributed by atoms with Crippen LogP contribution >= 0.6 is 12.6 Å². The molecule has 0 aromatic carbocycles. The molecule has 0 rings (SSSR count). The molecule has 0 spiro atoms. The summed E-state index contributed by atoms with van der Waals surface area (Å²) in [5.41, 5.74) is 0. The van der Waals surface area contributed by atoms with Gasteiger partial charge in [0.1, 0.15) is 0 Å². The molecule has 0 aromatic rings. The van der Waals surface area contributed by atoms with Crippen LogP contribution in [0.25, 0.3) is 0 Å². The second-order valence-corrected chi connectivity index (χ2v) is 1.26. The highest BCUT2D eigenvalue weighted by Crippen LogP contribution is 1.79. The van der Waals surface area contributed by atoms with Gasteiger partial charge in [-0.25, -0.2) is 0 Å². The topological polar surface area (TPSA) is 37.3 Å². The molecule has 0 unspecified atom stereocenters. The number of carbonyl (C=O) groups is 1. The maximum Gasteiger partial charge on any atom is 0.304 e.